The van der Waals surface area contributed by atoms with Crippen LogP contribution >= 0.6 is 0 Å². The predicted octanol–water partition coefficient (Wildman–Crippen LogP) is 3.23. The minimum absolute atomic E-state index is 0.000276. The highest BCUT2D eigenvalue weighted by atomic mass is 19.3. The van der Waals surface area contributed by atoms with E-state index in [2.05, 4.69) is 6.92 Å². The minimum Gasteiger partial charge on any atom is -0.390 e. The Morgan fingerprint density at radius 1 is 1.17 bits per heavy atom. The van der Waals surface area contributed by atoms with E-state index in [1.54, 1.807) is 0 Å². The Kier molecular flexibility index (Phi) is 4.96. The lowest BCUT2D eigenvalue weighted by molar-refractivity contribution is -0.125. The van der Waals surface area contributed by atoms with Crippen LogP contribution in [0.4, 0.5) is 8.78 Å². The van der Waals surface area contributed by atoms with Gasteiger partial charge in [-0.15, -0.1) is 0 Å². The summed E-state index contributed by atoms with van der Waals surface area (Å²) >= 11 is 0. The van der Waals surface area contributed by atoms with Crippen molar-refractivity contribution < 1.29 is 18.6 Å². The van der Waals surface area contributed by atoms with Crippen molar-refractivity contribution in [1.82, 2.24) is 0 Å². The Morgan fingerprint density at radius 2 is 1.89 bits per heavy atom. The largest absolute Gasteiger partial charge is 0.390 e. The van der Waals surface area contributed by atoms with E-state index < -0.39 is 18.6 Å². The molecule has 0 saturated heterocycles. The Morgan fingerprint density at radius 3 is 2.33 bits per heavy atom. The van der Waals surface area contributed by atoms with Crippen molar-refractivity contribution in [2.24, 2.45) is 17.8 Å². The molecule has 2 nitrogen and oxygen atoms in total. The zero-order chi connectivity index (χ0) is 13.1. The van der Waals surface area contributed by atoms with Gasteiger partial charge in [0.25, 0.3) is 6.43 Å². The molecule has 2 saturated carbocycles. The van der Waals surface area contributed by atoms with Gasteiger partial charge in [0, 0.05) is 0 Å². The first kappa shape index (κ1) is 14.2. The van der Waals surface area contributed by atoms with E-state index in [1.807, 2.05) is 0 Å². The number of halogens is 2. The molecule has 0 amide bonds. The average Bonchev–Trinajstić information content (AvgIpc) is 2.67. The molecule has 0 heterocycles. The summed E-state index contributed by atoms with van der Waals surface area (Å²) in [6, 6.07) is 0. The van der Waals surface area contributed by atoms with Gasteiger partial charge in [0.1, 0.15) is 6.10 Å². The summed E-state index contributed by atoms with van der Waals surface area (Å²) in [7, 11) is 0. The molecule has 0 spiro atoms. The summed E-state index contributed by atoms with van der Waals surface area (Å²) in [5, 5.41) is 10.00. The molecular formula is C14H24F2O2. The average molecular weight is 262 g/mol. The van der Waals surface area contributed by atoms with Gasteiger partial charge in [-0.3, -0.25) is 0 Å². The second kappa shape index (κ2) is 6.29. The summed E-state index contributed by atoms with van der Waals surface area (Å²) in [5.41, 5.74) is 0. The van der Waals surface area contributed by atoms with Gasteiger partial charge < -0.3 is 9.84 Å². The Hall–Kier alpha value is -0.220. The monoisotopic (exact) mass is 262 g/mol. The van der Waals surface area contributed by atoms with Crippen LogP contribution in [0.15, 0.2) is 0 Å². The summed E-state index contributed by atoms with van der Waals surface area (Å²) in [6.45, 7) is 2.24. The van der Waals surface area contributed by atoms with Crippen LogP contribution in [-0.4, -0.2) is 30.3 Å². The molecule has 0 aromatic carbocycles. The van der Waals surface area contributed by atoms with Crippen LogP contribution in [0.1, 0.15) is 45.4 Å². The normalized spacial score (nSPS) is 32.5. The molecular weight excluding hydrogens is 238 g/mol. The zero-order valence-electron chi connectivity index (χ0n) is 11.0. The van der Waals surface area contributed by atoms with E-state index in [1.165, 1.54) is 0 Å². The van der Waals surface area contributed by atoms with Gasteiger partial charge in [-0.1, -0.05) is 19.8 Å². The fourth-order valence-electron chi connectivity index (χ4n) is 3.13. The van der Waals surface area contributed by atoms with Crippen LogP contribution in [0.2, 0.25) is 0 Å². The van der Waals surface area contributed by atoms with Gasteiger partial charge in [0.15, 0.2) is 0 Å². The second-order valence-electron chi connectivity index (χ2n) is 6.07. The Balaban J connectivity index is 1.74. The molecule has 1 N–H and O–H groups in total. The van der Waals surface area contributed by atoms with Gasteiger partial charge in [0.2, 0.25) is 0 Å². The van der Waals surface area contributed by atoms with E-state index in [0.717, 1.165) is 38.5 Å². The molecule has 0 bridgehead atoms. The highest BCUT2D eigenvalue weighted by molar-refractivity contribution is 4.82. The maximum absolute atomic E-state index is 12.9. The summed E-state index contributed by atoms with van der Waals surface area (Å²) in [5.74, 6) is 0.876. The molecule has 4 atom stereocenters. The first-order valence-corrected chi connectivity index (χ1v) is 7.15. The third kappa shape index (κ3) is 3.41. The maximum Gasteiger partial charge on any atom is 0.264 e. The molecule has 2 aliphatic rings. The molecule has 0 aromatic heterocycles. The molecule has 4 heteroatoms. The Labute approximate surface area is 108 Å². The van der Waals surface area contributed by atoms with E-state index in [0.29, 0.717) is 5.92 Å². The van der Waals surface area contributed by atoms with E-state index in [-0.39, 0.29) is 18.4 Å². The quantitative estimate of drug-likeness (QED) is 0.796. The SMILES string of the molecule is CC1CCC(C(O)COC(C(F)F)C2CCC2)C1. The predicted molar refractivity (Wildman–Crippen MR) is 65.6 cm³/mol. The smallest absolute Gasteiger partial charge is 0.264 e. The van der Waals surface area contributed by atoms with Crippen LogP contribution in [0.3, 0.4) is 0 Å². The number of aliphatic hydroxyl groups excluding tert-OH is 1. The molecule has 2 aliphatic carbocycles. The molecule has 2 fully saturated rings. The van der Waals surface area contributed by atoms with Crippen molar-refractivity contribution in [3.63, 3.8) is 0 Å². The van der Waals surface area contributed by atoms with Crippen LogP contribution in [0, 0.1) is 17.8 Å². The molecule has 0 aromatic rings. The van der Waals surface area contributed by atoms with E-state index >= 15 is 0 Å². The second-order valence-corrected chi connectivity index (χ2v) is 6.07. The molecule has 18 heavy (non-hydrogen) atoms. The van der Waals surface area contributed by atoms with Crippen LogP contribution in [0.25, 0.3) is 0 Å². The lowest BCUT2D eigenvalue weighted by Gasteiger charge is -2.34. The lowest BCUT2D eigenvalue weighted by atomic mass is 9.81. The van der Waals surface area contributed by atoms with Crippen molar-refractivity contribution in [3.8, 4) is 0 Å². The number of aliphatic hydroxyl groups is 1. The van der Waals surface area contributed by atoms with E-state index in [9.17, 15) is 13.9 Å². The molecule has 0 radical (unpaired) electrons. The summed E-state index contributed by atoms with van der Waals surface area (Å²) in [6.07, 6.45) is 1.86. The number of hydrogen-bond donors (Lipinski definition) is 1. The standard InChI is InChI=1S/C14H24F2O2/c1-9-5-6-11(7-9)12(17)8-18-13(14(15)16)10-3-2-4-10/h9-14,17H,2-8H2,1H3. The summed E-state index contributed by atoms with van der Waals surface area (Å²) in [4.78, 5) is 0. The summed E-state index contributed by atoms with van der Waals surface area (Å²) < 4.78 is 31.0. The van der Waals surface area contributed by atoms with Gasteiger partial charge in [-0.05, 0) is 43.4 Å². The number of rotatable bonds is 6. The van der Waals surface area contributed by atoms with Gasteiger partial charge in [0.05, 0.1) is 12.7 Å². The number of ether oxygens (including phenoxy) is 1. The molecule has 2 rings (SSSR count). The molecule has 106 valence electrons. The number of hydrogen-bond acceptors (Lipinski definition) is 2. The van der Waals surface area contributed by atoms with Crippen LogP contribution in [0.5, 0.6) is 0 Å². The highest BCUT2D eigenvalue weighted by Crippen LogP contribution is 2.36. The Bertz CT molecular complexity index is 256. The maximum atomic E-state index is 12.9. The number of alkyl halides is 2. The van der Waals surface area contributed by atoms with Crippen LogP contribution < -0.4 is 0 Å². The van der Waals surface area contributed by atoms with Crippen molar-refractivity contribution in [2.75, 3.05) is 6.61 Å². The third-order valence-electron chi connectivity index (χ3n) is 4.60. The van der Waals surface area contributed by atoms with Gasteiger partial charge >= 0.3 is 0 Å². The van der Waals surface area contributed by atoms with Crippen molar-refractivity contribution in [1.29, 1.82) is 0 Å². The molecule has 4 unspecified atom stereocenters. The first-order chi connectivity index (χ1) is 8.58. The zero-order valence-corrected chi connectivity index (χ0v) is 11.0. The lowest BCUT2D eigenvalue weighted by Crippen LogP contribution is -2.38. The van der Waals surface area contributed by atoms with Crippen molar-refractivity contribution in [3.05, 3.63) is 0 Å². The van der Waals surface area contributed by atoms with Gasteiger partial charge in [-0.2, -0.15) is 0 Å². The minimum atomic E-state index is -2.43. The molecule has 0 aliphatic heterocycles. The van der Waals surface area contributed by atoms with E-state index in [4.69, 9.17) is 4.74 Å². The fourth-order valence-corrected chi connectivity index (χ4v) is 3.13. The highest BCUT2D eigenvalue weighted by Gasteiger charge is 2.36. The van der Waals surface area contributed by atoms with Crippen molar-refractivity contribution >= 4 is 0 Å². The van der Waals surface area contributed by atoms with Crippen molar-refractivity contribution in [2.45, 2.75) is 64.1 Å². The third-order valence-corrected chi connectivity index (χ3v) is 4.60. The topological polar surface area (TPSA) is 29.5 Å². The van der Waals surface area contributed by atoms with Gasteiger partial charge in [-0.25, -0.2) is 8.78 Å². The first-order valence-electron chi connectivity index (χ1n) is 7.15. The van der Waals surface area contributed by atoms with Crippen LogP contribution in [-0.2, 0) is 4.74 Å². The fraction of sp³-hybridized carbons (Fsp3) is 1.00.